The summed E-state index contributed by atoms with van der Waals surface area (Å²) >= 11 is 0. The lowest BCUT2D eigenvalue weighted by Crippen LogP contribution is -2.59. The maximum absolute atomic E-state index is 12.1. The van der Waals surface area contributed by atoms with Crippen molar-refractivity contribution in [2.45, 2.75) is 42.5 Å². The van der Waals surface area contributed by atoms with Gasteiger partial charge in [-0.15, -0.1) is 0 Å². The quantitative estimate of drug-likeness (QED) is 0.489. The maximum atomic E-state index is 12.1. The summed E-state index contributed by atoms with van der Waals surface area (Å²) in [5, 5.41) is 38.3. The van der Waals surface area contributed by atoms with Crippen LogP contribution in [0.25, 0.3) is 0 Å². The second-order valence-electron chi connectivity index (χ2n) is 5.06. The van der Waals surface area contributed by atoms with Gasteiger partial charge in [0.1, 0.15) is 18.3 Å². The highest BCUT2D eigenvalue weighted by molar-refractivity contribution is 7.86. The molecule has 1 heterocycles. The van der Waals surface area contributed by atoms with E-state index in [0.29, 0.717) is 0 Å². The Balaban J connectivity index is 2.20. The van der Waals surface area contributed by atoms with Crippen LogP contribution < -0.4 is 0 Å². The van der Waals surface area contributed by atoms with Crippen molar-refractivity contribution >= 4 is 10.1 Å². The van der Waals surface area contributed by atoms with E-state index in [9.17, 15) is 23.7 Å². The first-order chi connectivity index (χ1) is 10.3. The Kier molecular flexibility index (Phi) is 5.17. The van der Waals surface area contributed by atoms with Crippen LogP contribution in [0.15, 0.2) is 29.2 Å². The van der Waals surface area contributed by atoms with Gasteiger partial charge in [0, 0.05) is 0 Å². The molecule has 0 aromatic heterocycles. The molecule has 0 spiro atoms. The second kappa shape index (κ2) is 6.59. The molecule has 2 rings (SSSR count). The number of hydrogen-bond acceptors (Lipinski definition) is 8. The van der Waals surface area contributed by atoms with Gasteiger partial charge in [-0.3, -0.25) is 4.18 Å². The average Bonchev–Trinajstić information content (AvgIpc) is 2.48. The molecule has 22 heavy (non-hydrogen) atoms. The van der Waals surface area contributed by atoms with Crippen LogP contribution in [0.1, 0.15) is 5.56 Å². The summed E-state index contributed by atoms with van der Waals surface area (Å²) in [7, 11) is -4.26. The molecule has 1 aromatic carbocycles. The summed E-state index contributed by atoms with van der Waals surface area (Å²) in [4.78, 5) is -0.156. The zero-order valence-corrected chi connectivity index (χ0v) is 12.5. The lowest BCUT2D eigenvalue weighted by Gasteiger charge is -2.39. The Morgan fingerprint density at radius 3 is 2.27 bits per heavy atom. The standard InChI is InChI=1S/C13H18O8S/c1-7-2-4-8(5-3-7)22(18,19)21-12-11(16)10(15)9(6-14)20-13(12)17/h2-5,9-17H,6H2,1H3/t9-,10-,11+,12-,13+/m1/s1. The maximum Gasteiger partial charge on any atom is 0.297 e. The highest BCUT2D eigenvalue weighted by atomic mass is 32.2. The minimum Gasteiger partial charge on any atom is -0.394 e. The van der Waals surface area contributed by atoms with Crippen LogP contribution >= 0.6 is 0 Å². The molecule has 0 amide bonds. The van der Waals surface area contributed by atoms with Gasteiger partial charge < -0.3 is 25.2 Å². The molecule has 0 bridgehead atoms. The number of ether oxygens (including phenoxy) is 1. The second-order valence-corrected chi connectivity index (χ2v) is 6.63. The van der Waals surface area contributed by atoms with Crippen molar-refractivity contribution in [1.82, 2.24) is 0 Å². The summed E-state index contributed by atoms with van der Waals surface area (Å²) in [6.07, 6.45) is -8.07. The molecule has 1 saturated heterocycles. The van der Waals surface area contributed by atoms with Gasteiger partial charge in [-0.2, -0.15) is 8.42 Å². The number of hydrogen-bond donors (Lipinski definition) is 4. The van der Waals surface area contributed by atoms with Crippen molar-refractivity contribution < 1.29 is 37.8 Å². The molecular weight excluding hydrogens is 316 g/mol. The monoisotopic (exact) mass is 334 g/mol. The van der Waals surface area contributed by atoms with Gasteiger partial charge in [0.15, 0.2) is 12.4 Å². The third-order valence-corrected chi connectivity index (χ3v) is 4.72. The summed E-state index contributed by atoms with van der Waals surface area (Å²) in [6, 6.07) is 5.77. The molecule has 1 fully saturated rings. The minimum atomic E-state index is -4.26. The van der Waals surface area contributed by atoms with Gasteiger partial charge in [0.25, 0.3) is 10.1 Å². The van der Waals surface area contributed by atoms with E-state index in [-0.39, 0.29) is 4.90 Å². The van der Waals surface area contributed by atoms with Crippen molar-refractivity contribution in [3.63, 3.8) is 0 Å². The summed E-state index contributed by atoms with van der Waals surface area (Å²) in [5.41, 5.74) is 0.848. The SMILES string of the molecule is Cc1ccc(S(=O)(=O)O[C@@H]2[C@@H](O)[C@H](O)[C@@H](CO)O[C@@H]2O)cc1. The van der Waals surface area contributed by atoms with Crippen LogP contribution in [0.5, 0.6) is 0 Å². The Labute approximate surface area is 127 Å². The van der Waals surface area contributed by atoms with E-state index in [0.717, 1.165) is 5.56 Å². The first kappa shape index (κ1) is 17.3. The van der Waals surface area contributed by atoms with E-state index in [1.54, 1.807) is 19.1 Å². The van der Waals surface area contributed by atoms with Crippen LogP contribution in [-0.2, 0) is 19.0 Å². The zero-order valence-electron chi connectivity index (χ0n) is 11.7. The van der Waals surface area contributed by atoms with Gasteiger partial charge in [0.05, 0.1) is 11.5 Å². The molecule has 5 atom stereocenters. The Morgan fingerprint density at radius 1 is 1.14 bits per heavy atom. The van der Waals surface area contributed by atoms with Crippen molar-refractivity contribution in [3.05, 3.63) is 29.8 Å². The van der Waals surface area contributed by atoms with Crippen LogP contribution in [0.3, 0.4) is 0 Å². The van der Waals surface area contributed by atoms with Crippen LogP contribution in [0, 0.1) is 6.92 Å². The fraction of sp³-hybridized carbons (Fsp3) is 0.538. The number of aliphatic hydroxyl groups excluding tert-OH is 4. The fourth-order valence-electron chi connectivity index (χ4n) is 2.08. The number of aryl methyl sites for hydroxylation is 1. The number of aliphatic hydroxyl groups is 4. The highest BCUT2D eigenvalue weighted by Crippen LogP contribution is 2.25. The molecule has 0 aliphatic carbocycles. The van der Waals surface area contributed by atoms with E-state index in [2.05, 4.69) is 0 Å². The molecule has 9 heteroatoms. The highest BCUT2D eigenvalue weighted by Gasteiger charge is 2.46. The summed E-state index contributed by atoms with van der Waals surface area (Å²) in [6.45, 7) is 1.14. The van der Waals surface area contributed by atoms with Crippen molar-refractivity contribution in [2.24, 2.45) is 0 Å². The van der Waals surface area contributed by atoms with Gasteiger partial charge in [-0.1, -0.05) is 17.7 Å². The Morgan fingerprint density at radius 2 is 1.73 bits per heavy atom. The topological polar surface area (TPSA) is 134 Å². The smallest absolute Gasteiger partial charge is 0.297 e. The molecule has 1 aromatic rings. The van der Waals surface area contributed by atoms with E-state index in [4.69, 9.17) is 14.0 Å². The van der Waals surface area contributed by atoms with Crippen LogP contribution in [0.2, 0.25) is 0 Å². The van der Waals surface area contributed by atoms with Gasteiger partial charge >= 0.3 is 0 Å². The third-order valence-electron chi connectivity index (χ3n) is 3.39. The number of benzene rings is 1. The summed E-state index contributed by atoms with van der Waals surface area (Å²) < 4.78 is 33.9. The average molecular weight is 334 g/mol. The lowest BCUT2D eigenvalue weighted by molar-refractivity contribution is -0.279. The molecule has 0 radical (unpaired) electrons. The molecule has 1 aliphatic rings. The van der Waals surface area contributed by atoms with Crippen molar-refractivity contribution in [3.8, 4) is 0 Å². The number of rotatable bonds is 4. The largest absolute Gasteiger partial charge is 0.394 e. The van der Waals surface area contributed by atoms with Crippen LogP contribution in [0.4, 0.5) is 0 Å². The third kappa shape index (κ3) is 3.46. The first-order valence-corrected chi connectivity index (χ1v) is 7.97. The Bertz CT molecular complexity index is 599. The predicted octanol–water partition coefficient (Wildman–Crippen LogP) is -1.50. The molecule has 1 aliphatic heterocycles. The van der Waals surface area contributed by atoms with Gasteiger partial charge in [-0.25, -0.2) is 0 Å². The van der Waals surface area contributed by atoms with E-state index in [1.165, 1.54) is 12.1 Å². The molecule has 124 valence electrons. The van der Waals surface area contributed by atoms with E-state index in [1.807, 2.05) is 0 Å². The van der Waals surface area contributed by atoms with Crippen molar-refractivity contribution in [2.75, 3.05) is 6.61 Å². The zero-order chi connectivity index (χ0) is 16.5. The van der Waals surface area contributed by atoms with Gasteiger partial charge in [-0.05, 0) is 19.1 Å². The first-order valence-electron chi connectivity index (χ1n) is 6.57. The summed E-state index contributed by atoms with van der Waals surface area (Å²) in [5.74, 6) is 0. The molecule has 4 N–H and O–H groups in total. The van der Waals surface area contributed by atoms with Crippen molar-refractivity contribution in [1.29, 1.82) is 0 Å². The van der Waals surface area contributed by atoms with Crippen LogP contribution in [-0.4, -0.2) is 66.2 Å². The lowest BCUT2D eigenvalue weighted by atomic mass is 9.99. The molecular formula is C13H18O8S. The van der Waals surface area contributed by atoms with Gasteiger partial charge in [0.2, 0.25) is 0 Å². The molecule has 8 nitrogen and oxygen atoms in total. The molecule has 0 saturated carbocycles. The molecule has 0 unspecified atom stereocenters. The normalized spacial score (nSPS) is 32.9. The predicted molar refractivity (Wildman–Crippen MR) is 73.2 cm³/mol. The van der Waals surface area contributed by atoms with E-state index < -0.39 is 47.4 Å². The Hall–Kier alpha value is -1.07. The fourth-order valence-corrected chi connectivity index (χ4v) is 3.16. The minimum absolute atomic E-state index is 0.156. The van der Waals surface area contributed by atoms with E-state index >= 15 is 0 Å².